The van der Waals surface area contributed by atoms with Gasteiger partial charge in [0.2, 0.25) is 0 Å². The fourth-order valence-corrected chi connectivity index (χ4v) is 3.85. The highest BCUT2D eigenvalue weighted by Crippen LogP contribution is 2.37. The number of aromatic amines is 1. The molecule has 22 heavy (non-hydrogen) atoms. The van der Waals surface area contributed by atoms with Gasteiger partial charge in [-0.1, -0.05) is 18.2 Å². The third-order valence-electron chi connectivity index (χ3n) is 3.70. The van der Waals surface area contributed by atoms with Crippen molar-refractivity contribution >= 4 is 55.2 Å². The Hall–Kier alpha value is -2.86. The average molecular weight is 311 g/mol. The molecule has 5 nitrogen and oxygen atoms in total. The summed E-state index contributed by atoms with van der Waals surface area (Å²) in [5.41, 5.74) is 1.71. The molecule has 0 amide bonds. The molecule has 0 saturated carbocycles. The van der Waals surface area contributed by atoms with Crippen molar-refractivity contribution in [1.82, 2.24) is 4.98 Å². The predicted octanol–water partition coefficient (Wildman–Crippen LogP) is 3.93. The number of para-hydroxylation sites is 1. The van der Waals surface area contributed by atoms with Gasteiger partial charge in [-0.25, -0.2) is 9.59 Å². The maximum absolute atomic E-state index is 11.8. The van der Waals surface area contributed by atoms with Crippen molar-refractivity contribution in [1.29, 1.82) is 0 Å². The quantitative estimate of drug-likeness (QED) is 0.523. The lowest BCUT2D eigenvalue weighted by atomic mass is 10.0. The van der Waals surface area contributed by atoms with Crippen molar-refractivity contribution < 1.29 is 19.8 Å². The molecule has 0 aliphatic rings. The molecule has 3 N–H and O–H groups in total. The van der Waals surface area contributed by atoms with E-state index in [1.807, 2.05) is 24.3 Å². The van der Waals surface area contributed by atoms with Crippen LogP contribution in [0.25, 0.3) is 31.9 Å². The first-order valence-electron chi connectivity index (χ1n) is 6.50. The molecule has 108 valence electrons. The van der Waals surface area contributed by atoms with Gasteiger partial charge in [-0.05, 0) is 23.6 Å². The molecule has 0 atom stereocenters. The summed E-state index contributed by atoms with van der Waals surface area (Å²) < 4.78 is 0.488. The first kappa shape index (κ1) is 12.8. The van der Waals surface area contributed by atoms with Crippen molar-refractivity contribution in [3.63, 3.8) is 0 Å². The van der Waals surface area contributed by atoms with Crippen LogP contribution in [-0.2, 0) is 0 Å². The second kappa shape index (κ2) is 4.32. The minimum absolute atomic E-state index is 0.134. The number of thiophene rings is 1. The molecule has 0 unspecified atom stereocenters. The van der Waals surface area contributed by atoms with E-state index in [-0.39, 0.29) is 10.4 Å². The second-order valence-corrected chi connectivity index (χ2v) is 6.04. The number of rotatable bonds is 2. The minimum atomic E-state index is -1.06. The second-order valence-electron chi connectivity index (χ2n) is 4.98. The molecule has 0 aliphatic carbocycles. The number of carbonyl (C=O) groups is 2. The zero-order chi connectivity index (χ0) is 15.4. The monoisotopic (exact) mass is 311 g/mol. The van der Waals surface area contributed by atoms with Crippen LogP contribution in [0.1, 0.15) is 20.0 Å². The van der Waals surface area contributed by atoms with E-state index >= 15 is 0 Å². The molecular weight excluding hydrogens is 302 g/mol. The van der Waals surface area contributed by atoms with Crippen LogP contribution in [0, 0.1) is 0 Å². The molecule has 6 heteroatoms. The van der Waals surface area contributed by atoms with E-state index in [4.69, 9.17) is 5.11 Å². The summed E-state index contributed by atoms with van der Waals surface area (Å²) in [6.07, 6.45) is 0. The molecule has 0 saturated heterocycles. The average Bonchev–Trinajstić information content (AvgIpc) is 3.04. The van der Waals surface area contributed by atoms with Gasteiger partial charge in [0, 0.05) is 21.8 Å². The maximum atomic E-state index is 11.8. The number of nitrogens with one attached hydrogen (secondary N) is 1. The summed E-state index contributed by atoms with van der Waals surface area (Å²) in [4.78, 5) is 26.3. The SMILES string of the molecule is O=C(O)c1cc2cc3[nH]c4ccccc4c3c(C(=O)O)c2s1. The summed E-state index contributed by atoms with van der Waals surface area (Å²) in [6.45, 7) is 0. The molecular formula is C16H9NO4S. The van der Waals surface area contributed by atoms with Crippen molar-refractivity contribution in [2.24, 2.45) is 0 Å². The number of carboxylic acid groups (broad SMARTS) is 2. The van der Waals surface area contributed by atoms with E-state index in [0.717, 1.165) is 22.2 Å². The van der Waals surface area contributed by atoms with Crippen LogP contribution in [0.3, 0.4) is 0 Å². The maximum Gasteiger partial charge on any atom is 0.345 e. The number of carboxylic acids is 2. The molecule has 4 rings (SSSR count). The van der Waals surface area contributed by atoms with Crippen LogP contribution in [0.5, 0.6) is 0 Å². The van der Waals surface area contributed by atoms with E-state index in [0.29, 0.717) is 21.0 Å². The van der Waals surface area contributed by atoms with Crippen molar-refractivity contribution in [3.8, 4) is 0 Å². The summed E-state index contributed by atoms with van der Waals surface area (Å²) >= 11 is 0.993. The first-order chi connectivity index (χ1) is 10.6. The van der Waals surface area contributed by atoms with Gasteiger partial charge in [0.25, 0.3) is 0 Å². The molecule has 0 bridgehead atoms. The van der Waals surface area contributed by atoms with Gasteiger partial charge in [0.15, 0.2) is 0 Å². The highest BCUT2D eigenvalue weighted by Gasteiger charge is 2.21. The Labute approximate surface area is 127 Å². The molecule has 0 radical (unpaired) electrons. The predicted molar refractivity (Wildman–Crippen MR) is 85.1 cm³/mol. The van der Waals surface area contributed by atoms with Crippen LogP contribution in [0.2, 0.25) is 0 Å². The number of fused-ring (bicyclic) bond motifs is 4. The van der Waals surface area contributed by atoms with Gasteiger partial charge in [-0.3, -0.25) is 0 Å². The van der Waals surface area contributed by atoms with Gasteiger partial charge in [-0.2, -0.15) is 0 Å². The molecule has 2 heterocycles. The minimum Gasteiger partial charge on any atom is -0.478 e. The molecule has 0 fully saturated rings. The standard InChI is InChI=1S/C16H9NO4S/c18-15(19)11-6-7-5-10-12(13(16(20)21)14(7)22-11)8-3-1-2-4-9(8)17-10/h1-6,17H,(H,18,19)(H,20,21). The van der Waals surface area contributed by atoms with Crippen LogP contribution < -0.4 is 0 Å². The molecule has 4 aromatic rings. The van der Waals surface area contributed by atoms with Crippen molar-refractivity contribution in [3.05, 3.63) is 46.8 Å². The molecule has 2 aromatic heterocycles. The fraction of sp³-hybridized carbons (Fsp3) is 0. The van der Waals surface area contributed by atoms with E-state index < -0.39 is 11.9 Å². The molecule has 0 aliphatic heterocycles. The lowest BCUT2D eigenvalue weighted by Gasteiger charge is -2.01. The Morgan fingerprint density at radius 2 is 1.77 bits per heavy atom. The van der Waals surface area contributed by atoms with Gasteiger partial charge in [0.05, 0.1) is 10.3 Å². The van der Waals surface area contributed by atoms with Gasteiger partial charge in [-0.15, -0.1) is 11.3 Å². The van der Waals surface area contributed by atoms with Gasteiger partial charge >= 0.3 is 11.9 Å². The van der Waals surface area contributed by atoms with Crippen LogP contribution in [0.4, 0.5) is 0 Å². The summed E-state index contributed by atoms with van der Waals surface area (Å²) in [7, 11) is 0. The third-order valence-corrected chi connectivity index (χ3v) is 4.85. The highest BCUT2D eigenvalue weighted by atomic mass is 32.1. The number of H-pyrrole nitrogens is 1. The van der Waals surface area contributed by atoms with Gasteiger partial charge < -0.3 is 15.2 Å². The van der Waals surface area contributed by atoms with Crippen LogP contribution >= 0.6 is 11.3 Å². The number of hydrogen-bond donors (Lipinski definition) is 3. The number of hydrogen-bond acceptors (Lipinski definition) is 3. The van der Waals surface area contributed by atoms with E-state index in [1.54, 1.807) is 6.07 Å². The number of aromatic nitrogens is 1. The lowest BCUT2D eigenvalue weighted by molar-refractivity contribution is 0.0690. The Morgan fingerprint density at radius 3 is 2.50 bits per heavy atom. The first-order valence-corrected chi connectivity index (χ1v) is 7.31. The largest absolute Gasteiger partial charge is 0.478 e. The Kier molecular flexibility index (Phi) is 2.52. The van der Waals surface area contributed by atoms with E-state index in [2.05, 4.69) is 4.98 Å². The zero-order valence-electron chi connectivity index (χ0n) is 11.1. The summed E-state index contributed by atoms with van der Waals surface area (Å²) in [5.74, 6) is -2.11. The normalized spacial score (nSPS) is 11.5. The summed E-state index contributed by atoms with van der Waals surface area (Å²) in [5, 5.41) is 20.8. The van der Waals surface area contributed by atoms with E-state index in [1.165, 1.54) is 6.07 Å². The highest BCUT2D eigenvalue weighted by molar-refractivity contribution is 7.21. The summed E-state index contributed by atoms with van der Waals surface area (Å²) in [6, 6.07) is 10.8. The van der Waals surface area contributed by atoms with Gasteiger partial charge in [0.1, 0.15) is 4.88 Å². The number of benzene rings is 2. The van der Waals surface area contributed by atoms with Crippen LogP contribution in [0.15, 0.2) is 36.4 Å². The van der Waals surface area contributed by atoms with Crippen molar-refractivity contribution in [2.45, 2.75) is 0 Å². The smallest absolute Gasteiger partial charge is 0.345 e. The Morgan fingerprint density at radius 1 is 1.00 bits per heavy atom. The number of aromatic carboxylic acids is 2. The fourth-order valence-electron chi connectivity index (χ4n) is 2.83. The third kappa shape index (κ3) is 1.64. The van der Waals surface area contributed by atoms with Crippen LogP contribution in [-0.4, -0.2) is 27.1 Å². The topological polar surface area (TPSA) is 90.4 Å². The molecule has 0 spiro atoms. The Balaban J connectivity index is 2.26. The zero-order valence-corrected chi connectivity index (χ0v) is 11.9. The van der Waals surface area contributed by atoms with Crippen molar-refractivity contribution in [2.75, 3.05) is 0 Å². The molecule has 2 aromatic carbocycles. The Bertz CT molecular complexity index is 1090. The lowest BCUT2D eigenvalue weighted by Crippen LogP contribution is -1.97. The van der Waals surface area contributed by atoms with E-state index in [9.17, 15) is 14.7 Å².